The molecule has 0 atom stereocenters. The van der Waals surface area contributed by atoms with Crippen molar-refractivity contribution >= 4 is 11.6 Å². The number of hydrogen-bond acceptors (Lipinski definition) is 3. The molecule has 146 valence electrons. The number of hydrogen-bond donors (Lipinski definition) is 0. The third-order valence-corrected chi connectivity index (χ3v) is 5.58. The number of likely N-dealkylation sites (tertiary alicyclic amines) is 1. The molecule has 5 nitrogen and oxygen atoms in total. The number of piperidine rings is 1. The minimum atomic E-state index is -0.271. The summed E-state index contributed by atoms with van der Waals surface area (Å²) >= 11 is 0. The van der Waals surface area contributed by atoms with Gasteiger partial charge >= 0.3 is 0 Å². The van der Waals surface area contributed by atoms with Crippen LogP contribution in [-0.2, 0) is 16.1 Å². The van der Waals surface area contributed by atoms with Gasteiger partial charge in [0.05, 0.1) is 12.1 Å². The Morgan fingerprint density at radius 1 is 1.07 bits per heavy atom. The second-order valence-corrected chi connectivity index (χ2v) is 7.34. The van der Waals surface area contributed by atoms with Crippen LogP contribution >= 0.6 is 0 Å². The van der Waals surface area contributed by atoms with Crippen LogP contribution in [0.3, 0.4) is 0 Å². The van der Waals surface area contributed by atoms with Gasteiger partial charge in [0, 0.05) is 57.8 Å². The molecule has 0 aliphatic carbocycles. The molecule has 3 rings (SSSR count). The molecule has 0 N–H and O–H groups in total. The van der Waals surface area contributed by atoms with Crippen LogP contribution < -0.4 is 4.90 Å². The topological polar surface area (TPSA) is 37.7 Å². The minimum absolute atomic E-state index is 0.166. The largest absolute Gasteiger partial charge is 0.382 e. The number of amides is 1. The number of methoxy groups -OCH3 is 1. The number of anilines is 1. The SMILES string of the molecule is CCC(=O)N(c1ccccc1)C1(COC)CCN(CCn2cccc2)CC1. The van der Waals surface area contributed by atoms with E-state index >= 15 is 0 Å². The first kappa shape index (κ1) is 19.6. The highest BCUT2D eigenvalue weighted by atomic mass is 16.5. The predicted molar refractivity (Wildman–Crippen MR) is 109 cm³/mol. The number of carbonyl (C=O) groups excluding carboxylic acids is 1. The normalized spacial score (nSPS) is 17.0. The van der Waals surface area contributed by atoms with Crippen molar-refractivity contribution < 1.29 is 9.53 Å². The summed E-state index contributed by atoms with van der Waals surface area (Å²) in [5.41, 5.74) is 0.704. The highest BCUT2D eigenvalue weighted by Crippen LogP contribution is 2.34. The zero-order valence-corrected chi connectivity index (χ0v) is 16.5. The van der Waals surface area contributed by atoms with Crippen molar-refractivity contribution in [3.63, 3.8) is 0 Å². The van der Waals surface area contributed by atoms with E-state index in [0.717, 1.165) is 44.7 Å². The van der Waals surface area contributed by atoms with Crippen LogP contribution in [0.5, 0.6) is 0 Å². The fraction of sp³-hybridized carbons (Fsp3) is 0.500. The summed E-state index contributed by atoms with van der Waals surface area (Å²) in [6.07, 6.45) is 6.56. The number of para-hydroxylation sites is 1. The molecule has 0 saturated carbocycles. The summed E-state index contributed by atoms with van der Waals surface area (Å²) in [5.74, 6) is 0.166. The van der Waals surface area contributed by atoms with Gasteiger partial charge in [0.2, 0.25) is 5.91 Å². The van der Waals surface area contributed by atoms with Gasteiger partial charge in [-0.15, -0.1) is 0 Å². The van der Waals surface area contributed by atoms with Crippen molar-refractivity contribution in [2.75, 3.05) is 38.3 Å². The molecule has 1 aliphatic rings. The molecule has 0 spiro atoms. The van der Waals surface area contributed by atoms with E-state index in [1.54, 1.807) is 7.11 Å². The molecule has 0 radical (unpaired) electrons. The fourth-order valence-corrected chi connectivity index (χ4v) is 4.09. The summed E-state index contributed by atoms with van der Waals surface area (Å²) in [4.78, 5) is 17.4. The van der Waals surface area contributed by atoms with Crippen LogP contribution in [0.25, 0.3) is 0 Å². The van der Waals surface area contributed by atoms with E-state index in [1.165, 1.54) is 0 Å². The first-order valence-electron chi connectivity index (χ1n) is 9.89. The van der Waals surface area contributed by atoms with Crippen molar-refractivity contribution in [3.8, 4) is 0 Å². The molecular weight excluding hydrogens is 338 g/mol. The Morgan fingerprint density at radius 2 is 1.74 bits per heavy atom. The monoisotopic (exact) mass is 369 g/mol. The third kappa shape index (κ3) is 4.60. The molecule has 0 unspecified atom stereocenters. The van der Waals surface area contributed by atoms with Gasteiger partial charge in [0.1, 0.15) is 0 Å². The highest BCUT2D eigenvalue weighted by Gasteiger charge is 2.42. The standard InChI is InChI=1S/C22H31N3O2/c1-3-21(26)25(20-9-5-4-6-10-20)22(19-27-2)11-15-24(16-12-22)18-17-23-13-7-8-14-23/h4-10,13-14H,3,11-12,15-19H2,1-2H3. The summed E-state index contributed by atoms with van der Waals surface area (Å²) in [6.45, 7) is 6.49. The van der Waals surface area contributed by atoms with Gasteiger partial charge in [-0.1, -0.05) is 25.1 Å². The average Bonchev–Trinajstić information content (AvgIpc) is 3.22. The number of ether oxygens (including phenoxy) is 1. The molecule has 1 fully saturated rings. The molecule has 2 aromatic rings. The zero-order chi connectivity index (χ0) is 19.1. The fourth-order valence-electron chi connectivity index (χ4n) is 4.09. The van der Waals surface area contributed by atoms with Crippen LogP contribution in [-0.4, -0.2) is 54.3 Å². The lowest BCUT2D eigenvalue weighted by molar-refractivity contribution is -0.120. The lowest BCUT2D eigenvalue weighted by Crippen LogP contribution is -2.60. The number of nitrogens with zero attached hydrogens (tertiary/aromatic N) is 3. The molecule has 0 bridgehead atoms. The first-order chi connectivity index (χ1) is 13.2. The average molecular weight is 370 g/mol. The predicted octanol–water partition coefficient (Wildman–Crippen LogP) is 3.41. The van der Waals surface area contributed by atoms with Gasteiger partial charge < -0.3 is 19.1 Å². The van der Waals surface area contributed by atoms with E-state index < -0.39 is 0 Å². The van der Waals surface area contributed by atoms with E-state index in [4.69, 9.17) is 4.74 Å². The lowest BCUT2D eigenvalue weighted by atomic mass is 9.85. The molecule has 27 heavy (non-hydrogen) atoms. The molecule has 1 aromatic carbocycles. The molecular formula is C22H31N3O2. The molecule has 5 heteroatoms. The van der Waals surface area contributed by atoms with Crippen molar-refractivity contribution in [2.45, 2.75) is 38.3 Å². The van der Waals surface area contributed by atoms with Crippen LogP contribution in [0.4, 0.5) is 5.69 Å². The van der Waals surface area contributed by atoms with E-state index in [0.29, 0.717) is 13.0 Å². The molecule has 1 amide bonds. The van der Waals surface area contributed by atoms with Gasteiger partial charge in [-0.05, 0) is 37.1 Å². The maximum Gasteiger partial charge on any atom is 0.227 e. The Labute approximate surface area is 162 Å². The van der Waals surface area contributed by atoms with Gasteiger partial charge in [0.25, 0.3) is 0 Å². The Kier molecular flexibility index (Phi) is 6.69. The second kappa shape index (κ2) is 9.20. The first-order valence-corrected chi connectivity index (χ1v) is 9.89. The summed E-state index contributed by atoms with van der Waals surface area (Å²) < 4.78 is 7.84. The lowest BCUT2D eigenvalue weighted by Gasteiger charge is -2.48. The maximum absolute atomic E-state index is 12.9. The molecule has 1 aromatic heterocycles. The third-order valence-electron chi connectivity index (χ3n) is 5.58. The van der Waals surface area contributed by atoms with Gasteiger partial charge in [0.15, 0.2) is 0 Å². The van der Waals surface area contributed by atoms with Crippen LogP contribution in [0.15, 0.2) is 54.9 Å². The summed E-state index contributed by atoms with van der Waals surface area (Å²) in [5, 5.41) is 0. The van der Waals surface area contributed by atoms with E-state index in [1.807, 2.05) is 42.2 Å². The van der Waals surface area contributed by atoms with Crippen molar-refractivity contribution in [1.82, 2.24) is 9.47 Å². The minimum Gasteiger partial charge on any atom is -0.382 e. The Hall–Kier alpha value is -2.11. The van der Waals surface area contributed by atoms with Crippen molar-refractivity contribution in [2.24, 2.45) is 0 Å². The number of rotatable bonds is 8. The van der Waals surface area contributed by atoms with Gasteiger partial charge in [-0.3, -0.25) is 4.79 Å². The molecule has 1 saturated heterocycles. The number of aromatic nitrogens is 1. The molecule has 1 aliphatic heterocycles. The van der Waals surface area contributed by atoms with E-state index in [-0.39, 0.29) is 11.4 Å². The van der Waals surface area contributed by atoms with Crippen molar-refractivity contribution in [3.05, 3.63) is 54.9 Å². The second-order valence-electron chi connectivity index (χ2n) is 7.34. The Bertz CT molecular complexity index is 692. The summed E-state index contributed by atoms with van der Waals surface area (Å²) in [7, 11) is 1.74. The van der Waals surface area contributed by atoms with Crippen LogP contribution in [0.1, 0.15) is 26.2 Å². The molecule has 2 heterocycles. The number of carbonyl (C=O) groups is 1. The van der Waals surface area contributed by atoms with Crippen LogP contribution in [0.2, 0.25) is 0 Å². The Morgan fingerprint density at radius 3 is 2.33 bits per heavy atom. The highest BCUT2D eigenvalue weighted by molar-refractivity contribution is 5.94. The Balaban J connectivity index is 1.74. The quantitative estimate of drug-likeness (QED) is 0.716. The van der Waals surface area contributed by atoms with E-state index in [2.05, 4.69) is 34.0 Å². The maximum atomic E-state index is 12.9. The van der Waals surface area contributed by atoms with Crippen LogP contribution in [0, 0.1) is 0 Å². The van der Waals surface area contributed by atoms with Gasteiger partial charge in [-0.2, -0.15) is 0 Å². The van der Waals surface area contributed by atoms with E-state index in [9.17, 15) is 4.79 Å². The summed E-state index contributed by atoms with van der Waals surface area (Å²) in [6, 6.07) is 14.2. The van der Waals surface area contributed by atoms with Crippen molar-refractivity contribution in [1.29, 1.82) is 0 Å². The smallest absolute Gasteiger partial charge is 0.227 e. The van der Waals surface area contributed by atoms with Gasteiger partial charge in [-0.25, -0.2) is 0 Å². The zero-order valence-electron chi connectivity index (χ0n) is 16.5. The number of benzene rings is 1.